The second-order valence-corrected chi connectivity index (χ2v) is 8.28. The average Bonchev–Trinajstić information content (AvgIpc) is 2.54. The Morgan fingerprint density at radius 1 is 1.29 bits per heavy atom. The predicted octanol–water partition coefficient (Wildman–Crippen LogP) is 2.02. The zero-order chi connectivity index (χ0) is 15.3. The van der Waals surface area contributed by atoms with Crippen LogP contribution >= 0.6 is 15.9 Å². The number of nitrogens with one attached hydrogen (secondary N) is 1. The summed E-state index contributed by atoms with van der Waals surface area (Å²) < 4.78 is 36.6. The van der Waals surface area contributed by atoms with E-state index in [1.165, 1.54) is 0 Å². The van der Waals surface area contributed by atoms with Gasteiger partial charge in [0.15, 0.2) is 0 Å². The van der Waals surface area contributed by atoms with E-state index in [4.69, 9.17) is 9.47 Å². The summed E-state index contributed by atoms with van der Waals surface area (Å²) in [4.78, 5) is 0. The second-order valence-electron chi connectivity index (χ2n) is 5.17. The fraction of sp³-hybridized carbons (Fsp3) is 0.571. The largest absolute Gasteiger partial charge is 0.497 e. The summed E-state index contributed by atoms with van der Waals surface area (Å²) in [5, 5.41) is 0. The van der Waals surface area contributed by atoms with Gasteiger partial charge in [-0.2, -0.15) is 0 Å². The van der Waals surface area contributed by atoms with E-state index in [2.05, 4.69) is 20.7 Å². The van der Waals surface area contributed by atoms with Gasteiger partial charge >= 0.3 is 0 Å². The summed E-state index contributed by atoms with van der Waals surface area (Å²) in [6.45, 7) is 1.67. The van der Waals surface area contributed by atoms with Gasteiger partial charge in [0, 0.05) is 25.2 Å². The van der Waals surface area contributed by atoms with Crippen molar-refractivity contribution >= 4 is 26.0 Å². The molecule has 1 aromatic carbocycles. The Balaban J connectivity index is 2.23. The summed E-state index contributed by atoms with van der Waals surface area (Å²) in [6.07, 6.45) is 1.59. The van der Waals surface area contributed by atoms with Crippen LogP contribution in [0.2, 0.25) is 0 Å². The molecule has 1 saturated heterocycles. The molecule has 0 saturated carbocycles. The zero-order valence-electron chi connectivity index (χ0n) is 12.0. The van der Waals surface area contributed by atoms with Gasteiger partial charge in [-0.15, -0.1) is 0 Å². The monoisotopic (exact) mass is 377 g/mol. The number of hydrogen-bond donors (Lipinski definition) is 1. The summed E-state index contributed by atoms with van der Waals surface area (Å²) in [7, 11) is -1.65. The van der Waals surface area contributed by atoms with Crippen LogP contribution in [-0.2, 0) is 20.2 Å². The molecule has 5 nitrogen and oxygen atoms in total. The molecule has 21 heavy (non-hydrogen) atoms. The highest BCUT2D eigenvalue weighted by atomic mass is 79.9. The lowest BCUT2D eigenvalue weighted by Gasteiger charge is -2.37. The van der Waals surface area contributed by atoms with Gasteiger partial charge < -0.3 is 9.47 Å². The molecule has 1 aliphatic heterocycles. The van der Waals surface area contributed by atoms with Crippen molar-refractivity contribution in [2.75, 3.05) is 31.5 Å². The van der Waals surface area contributed by atoms with Crippen LogP contribution in [0.25, 0.3) is 0 Å². The van der Waals surface area contributed by atoms with E-state index in [9.17, 15) is 8.42 Å². The molecule has 0 radical (unpaired) electrons. The van der Waals surface area contributed by atoms with Crippen LogP contribution in [-0.4, -0.2) is 39.9 Å². The molecule has 1 heterocycles. The van der Waals surface area contributed by atoms with Crippen LogP contribution in [0.4, 0.5) is 0 Å². The van der Waals surface area contributed by atoms with Gasteiger partial charge in [-0.1, -0.05) is 28.1 Å². The molecule has 0 bridgehead atoms. The van der Waals surface area contributed by atoms with Crippen molar-refractivity contribution in [2.24, 2.45) is 0 Å². The van der Waals surface area contributed by atoms with Crippen LogP contribution in [0.5, 0.6) is 5.75 Å². The number of rotatable bonds is 6. The highest BCUT2D eigenvalue weighted by molar-refractivity contribution is 9.10. The molecule has 0 atom stereocenters. The maximum atomic E-state index is 11.7. The van der Waals surface area contributed by atoms with Gasteiger partial charge in [0.05, 0.1) is 7.11 Å². The molecule has 0 aliphatic carbocycles. The molecular weight excluding hydrogens is 358 g/mol. The predicted molar refractivity (Wildman–Crippen MR) is 85.4 cm³/mol. The molecule has 1 fully saturated rings. The van der Waals surface area contributed by atoms with Crippen LogP contribution < -0.4 is 9.46 Å². The van der Waals surface area contributed by atoms with Crippen molar-refractivity contribution < 1.29 is 17.9 Å². The van der Waals surface area contributed by atoms with Crippen LogP contribution in [0.1, 0.15) is 18.4 Å². The maximum absolute atomic E-state index is 11.7. The number of sulfonamides is 1. The fourth-order valence-electron chi connectivity index (χ4n) is 2.56. The van der Waals surface area contributed by atoms with Gasteiger partial charge in [0.25, 0.3) is 0 Å². The number of hydrogen-bond acceptors (Lipinski definition) is 4. The van der Waals surface area contributed by atoms with Gasteiger partial charge in [-0.05, 0) is 30.5 Å². The third-order valence-electron chi connectivity index (χ3n) is 3.93. The number of halogens is 1. The van der Waals surface area contributed by atoms with E-state index < -0.39 is 10.0 Å². The van der Waals surface area contributed by atoms with Crippen molar-refractivity contribution in [3.8, 4) is 5.75 Å². The minimum Gasteiger partial charge on any atom is -0.497 e. The van der Waals surface area contributed by atoms with Crippen molar-refractivity contribution in [1.82, 2.24) is 4.72 Å². The lowest BCUT2D eigenvalue weighted by molar-refractivity contribution is 0.0517. The second kappa shape index (κ2) is 7.09. The van der Waals surface area contributed by atoms with E-state index >= 15 is 0 Å². The lowest BCUT2D eigenvalue weighted by Crippen LogP contribution is -2.44. The average molecular weight is 378 g/mol. The first-order chi connectivity index (χ1) is 10.0. The zero-order valence-corrected chi connectivity index (χ0v) is 14.4. The Labute approximate surface area is 134 Å². The minimum absolute atomic E-state index is 0.0881. The standard InChI is InChI=1S/C14H20BrNO4S/c1-19-13-4-2-12(3-5-13)14(6-8-20-9-7-14)10-16-21(17,18)11-15/h2-5,16H,6-11H2,1H3. The van der Waals surface area contributed by atoms with Gasteiger partial charge in [-0.25, -0.2) is 13.1 Å². The molecule has 1 aliphatic rings. The quantitative estimate of drug-likeness (QED) is 0.770. The van der Waals surface area contributed by atoms with Crippen molar-refractivity contribution in [2.45, 2.75) is 18.3 Å². The van der Waals surface area contributed by atoms with Crippen molar-refractivity contribution in [3.63, 3.8) is 0 Å². The Hall–Kier alpha value is -0.630. The third-order valence-corrected chi connectivity index (χ3v) is 6.61. The van der Waals surface area contributed by atoms with Gasteiger partial charge in [-0.3, -0.25) is 0 Å². The molecular formula is C14H20BrNO4S. The Morgan fingerprint density at radius 3 is 2.43 bits per heavy atom. The fourth-order valence-corrected chi connectivity index (χ4v) is 3.62. The van der Waals surface area contributed by atoms with Gasteiger partial charge in [0.2, 0.25) is 10.0 Å². The Kier molecular flexibility index (Phi) is 5.65. The number of alkyl halides is 1. The minimum atomic E-state index is -3.28. The first kappa shape index (κ1) is 16.7. The highest BCUT2D eigenvalue weighted by Crippen LogP contribution is 2.35. The van der Waals surface area contributed by atoms with E-state index in [1.807, 2.05) is 24.3 Å². The van der Waals surface area contributed by atoms with Crippen LogP contribution in [0.3, 0.4) is 0 Å². The number of ether oxygens (including phenoxy) is 2. The van der Waals surface area contributed by atoms with E-state index in [0.29, 0.717) is 19.8 Å². The number of methoxy groups -OCH3 is 1. The molecule has 2 rings (SSSR count). The Bertz CT molecular complexity index is 553. The first-order valence-electron chi connectivity index (χ1n) is 6.77. The lowest BCUT2D eigenvalue weighted by atomic mass is 9.74. The van der Waals surface area contributed by atoms with E-state index in [1.54, 1.807) is 7.11 Å². The molecule has 0 spiro atoms. The van der Waals surface area contributed by atoms with Crippen LogP contribution in [0.15, 0.2) is 24.3 Å². The van der Waals surface area contributed by atoms with E-state index in [0.717, 1.165) is 24.2 Å². The molecule has 0 aromatic heterocycles. The smallest absolute Gasteiger partial charge is 0.221 e. The summed E-state index contributed by atoms with van der Waals surface area (Å²) in [6, 6.07) is 7.83. The highest BCUT2D eigenvalue weighted by Gasteiger charge is 2.35. The summed E-state index contributed by atoms with van der Waals surface area (Å²) in [5.74, 6) is 0.794. The van der Waals surface area contributed by atoms with Gasteiger partial charge in [0.1, 0.15) is 10.4 Å². The first-order valence-corrected chi connectivity index (χ1v) is 9.54. The van der Waals surface area contributed by atoms with Crippen molar-refractivity contribution in [1.29, 1.82) is 0 Å². The normalized spacial score (nSPS) is 18.4. The summed E-state index contributed by atoms with van der Waals surface area (Å²) in [5.41, 5.74) is 0.892. The van der Waals surface area contributed by atoms with Crippen molar-refractivity contribution in [3.05, 3.63) is 29.8 Å². The number of benzene rings is 1. The SMILES string of the molecule is COc1ccc(C2(CNS(=O)(=O)CBr)CCOCC2)cc1. The Morgan fingerprint density at radius 2 is 1.90 bits per heavy atom. The molecule has 0 unspecified atom stereocenters. The molecule has 0 amide bonds. The summed E-state index contributed by atoms with van der Waals surface area (Å²) >= 11 is 3.00. The van der Waals surface area contributed by atoms with Crippen LogP contribution in [0, 0.1) is 0 Å². The molecule has 118 valence electrons. The maximum Gasteiger partial charge on any atom is 0.221 e. The molecule has 1 aromatic rings. The third kappa shape index (κ3) is 4.18. The van der Waals surface area contributed by atoms with E-state index in [-0.39, 0.29) is 10.1 Å². The molecule has 7 heteroatoms. The molecule has 1 N–H and O–H groups in total. The topological polar surface area (TPSA) is 64.6 Å².